The number of pyridine rings is 1. The molecule has 2 N–H and O–H groups in total. The average molecular weight is 263 g/mol. The zero-order chi connectivity index (χ0) is 13.5. The van der Waals surface area contributed by atoms with E-state index in [1.807, 2.05) is 12.1 Å². The highest BCUT2D eigenvalue weighted by Crippen LogP contribution is 2.12. The van der Waals surface area contributed by atoms with Crippen molar-refractivity contribution in [1.29, 1.82) is 0 Å². The third-order valence-corrected chi connectivity index (χ3v) is 2.48. The fourth-order valence-electron chi connectivity index (χ4n) is 1.58. The summed E-state index contributed by atoms with van der Waals surface area (Å²) < 4.78 is 15.6. The van der Waals surface area contributed by atoms with E-state index in [0.717, 1.165) is 17.8 Å². The van der Waals surface area contributed by atoms with Crippen LogP contribution in [0.3, 0.4) is 0 Å². The third kappa shape index (κ3) is 4.04. The van der Waals surface area contributed by atoms with Crippen LogP contribution in [0.5, 0.6) is 5.75 Å². The second-order valence-corrected chi connectivity index (χ2v) is 4.03. The molecule has 0 unspecified atom stereocenters. The van der Waals surface area contributed by atoms with Crippen LogP contribution in [0.15, 0.2) is 28.9 Å². The molecule has 6 nitrogen and oxygen atoms in total. The van der Waals surface area contributed by atoms with Gasteiger partial charge in [-0.1, -0.05) is 5.16 Å². The summed E-state index contributed by atoms with van der Waals surface area (Å²) in [6.07, 6.45) is 2.45. The molecule has 0 aliphatic heterocycles. The Morgan fingerprint density at radius 1 is 1.26 bits per heavy atom. The van der Waals surface area contributed by atoms with Gasteiger partial charge in [0.15, 0.2) is 5.76 Å². The number of rotatable bonds is 7. The smallest absolute Gasteiger partial charge is 0.162 e. The van der Waals surface area contributed by atoms with Crippen molar-refractivity contribution in [2.45, 2.75) is 19.6 Å². The maximum Gasteiger partial charge on any atom is 0.162 e. The van der Waals surface area contributed by atoms with Crippen molar-refractivity contribution < 1.29 is 14.0 Å². The Morgan fingerprint density at radius 3 is 2.84 bits per heavy atom. The lowest BCUT2D eigenvalue weighted by molar-refractivity contribution is 0.155. The fourth-order valence-corrected chi connectivity index (χ4v) is 1.58. The summed E-state index contributed by atoms with van der Waals surface area (Å²) in [6, 6.07) is 5.58. The van der Waals surface area contributed by atoms with Crippen LogP contribution in [0, 0.1) is 0 Å². The maximum atomic E-state index is 5.56. The van der Waals surface area contributed by atoms with Crippen LogP contribution in [0.2, 0.25) is 0 Å². The van der Waals surface area contributed by atoms with Gasteiger partial charge in [0, 0.05) is 25.3 Å². The van der Waals surface area contributed by atoms with Gasteiger partial charge in [-0.05, 0) is 18.7 Å². The molecule has 2 rings (SSSR count). The lowest BCUT2D eigenvalue weighted by Gasteiger charge is -2.04. The van der Waals surface area contributed by atoms with Crippen LogP contribution in [0.1, 0.15) is 17.1 Å². The molecule has 0 amide bonds. The molecule has 2 aromatic rings. The Balaban J connectivity index is 1.86. The van der Waals surface area contributed by atoms with Gasteiger partial charge in [0.05, 0.1) is 6.20 Å². The van der Waals surface area contributed by atoms with Crippen molar-refractivity contribution in [1.82, 2.24) is 10.1 Å². The first-order valence-corrected chi connectivity index (χ1v) is 6.03. The van der Waals surface area contributed by atoms with E-state index in [2.05, 4.69) is 10.1 Å². The van der Waals surface area contributed by atoms with E-state index in [1.165, 1.54) is 0 Å². The molecule has 0 aliphatic rings. The van der Waals surface area contributed by atoms with E-state index in [0.29, 0.717) is 31.3 Å². The zero-order valence-electron chi connectivity index (χ0n) is 10.8. The van der Waals surface area contributed by atoms with Crippen molar-refractivity contribution >= 4 is 0 Å². The summed E-state index contributed by atoms with van der Waals surface area (Å²) in [5, 5.41) is 3.88. The Kier molecular flexibility index (Phi) is 4.88. The van der Waals surface area contributed by atoms with Gasteiger partial charge in [-0.3, -0.25) is 4.98 Å². The number of ether oxygens (including phenoxy) is 2. The second-order valence-electron chi connectivity index (χ2n) is 4.03. The van der Waals surface area contributed by atoms with E-state index >= 15 is 0 Å². The monoisotopic (exact) mass is 263 g/mol. The van der Waals surface area contributed by atoms with Gasteiger partial charge in [-0.25, -0.2) is 0 Å². The standard InChI is InChI=1S/C13H17N3O3/c1-17-9-13-6-11(16-19-13)8-18-12-3-2-10(4-5-14)15-7-12/h2-3,6-7H,4-5,8-9,14H2,1H3. The lowest BCUT2D eigenvalue weighted by atomic mass is 10.3. The molecular weight excluding hydrogens is 246 g/mol. The van der Waals surface area contributed by atoms with Crippen molar-refractivity contribution in [3.8, 4) is 5.75 Å². The first kappa shape index (κ1) is 13.5. The molecule has 6 heteroatoms. The molecule has 2 heterocycles. The summed E-state index contributed by atoms with van der Waals surface area (Å²) in [4.78, 5) is 4.25. The van der Waals surface area contributed by atoms with Crippen LogP contribution >= 0.6 is 0 Å². The number of aromatic nitrogens is 2. The van der Waals surface area contributed by atoms with Gasteiger partial charge in [0.25, 0.3) is 0 Å². The molecule has 0 saturated heterocycles. The molecule has 0 bridgehead atoms. The average Bonchev–Trinajstić information content (AvgIpc) is 2.87. The Labute approximate surface area is 111 Å². The van der Waals surface area contributed by atoms with E-state index in [1.54, 1.807) is 19.4 Å². The Hall–Kier alpha value is -1.92. The molecule has 0 atom stereocenters. The predicted molar refractivity (Wildman–Crippen MR) is 68.5 cm³/mol. The van der Waals surface area contributed by atoms with Gasteiger partial charge in [0.1, 0.15) is 24.7 Å². The quantitative estimate of drug-likeness (QED) is 0.810. The zero-order valence-corrected chi connectivity index (χ0v) is 10.8. The van der Waals surface area contributed by atoms with Gasteiger partial charge in [0.2, 0.25) is 0 Å². The minimum Gasteiger partial charge on any atom is -0.486 e. The van der Waals surface area contributed by atoms with E-state index in [9.17, 15) is 0 Å². The molecule has 0 radical (unpaired) electrons. The number of hydrogen-bond donors (Lipinski definition) is 1. The molecular formula is C13H17N3O3. The number of nitrogens with two attached hydrogens (primary N) is 1. The molecule has 0 fully saturated rings. The minimum atomic E-state index is 0.338. The molecule has 19 heavy (non-hydrogen) atoms. The van der Waals surface area contributed by atoms with Crippen molar-refractivity contribution in [3.05, 3.63) is 41.5 Å². The number of nitrogens with zero attached hydrogens (tertiary/aromatic N) is 2. The highest BCUT2D eigenvalue weighted by molar-refractivity contribution is 5.20. The fraction of sp³-hybridized carbons (Fsp3) is 0.385. The van der Waals surface area contributed by atoms with E-state index in [4.69, 9.17) is 19.7 Å². The van der Waals surface area contributed by atoms with Crippen LogP contribution in [0.25, 0.3) is 0 Å². The number of methoxy groups -OCH3 is 1. The van der Waals surface area contributed by atoms with Gasteiger partial charge < -0.3 is 19.7 Å². The molecule has 0 aliphatic carbocycles. The van der Waals surface area contributed by atoms with Crippen LogP contribution in [-0.4, -0.2) is 23.8 Å². The summed E-state index contributed by atoms with van der Waals surface area (Å²) >= 11 is 0. The molecule has 0 aromatic carbocycles. The van der Waals surface area contributed by atoms with E-state index in [-0.39, 0.29) is 0 Å². The van der Waals surface area contributed by atoms with Crippen LogP contribution < -0.4 is 10.5 Å². The van der Waals surface area contributed by atoms with Gasteiger partial charge in [-0.2, -0.15) is 0 Å². The van der Waals surface area contributed by atoms with Crippen molar-refractivity contribution in [3.63, 3.8) is 0 Å². The SMILES string of the molecule is COCc1cc(COc2ccc(CCN)nc2)no1. The maximum absolute atomic E-state index is 5.56. The second kappa shape index (κ2) is 6.86. The first-order valence-electron chi connectivity index (χ1n) is 6.03. The minimum absolute atomic E-state index is 0.338. The van der Waals surface area contributed by atoms with E-state index < -0.39 is 0 Å². The number of hydrogen-bond acceptors (Lipinski definition) is 6. The highest BCUT2D eigenvalue weighted by atomic mass is 16.5. The summed E-state index contributed by atoms with van der Waals surface area (Å²) in [7, 11) is 1.60. The third-order valence-electron chi connectivity index (χ3n) is 2.48. The predicted octanol–water partition coefficient (Wildman–Crippen LogP) is 1.30. The summed E-state index contributed by atoms with van der Waals surface area (Å²) in [5.41, 5.74) is 7.14. The van der Waals surface area contributed by atoms with Gasteiger partial charge >= 0.3 is 0 Å². The topological polar surface area (TPSA) is 83.4 Å². The van der Waals surface area contributed by atoms with Crippen molar-refractivity contribution in [2.75, 3.05) is 13.7 Å². The molecule has 0 saturated carbocycles. The normalized spacial score (nSPS) is 10.6. The summed E-state index contributed by atoms with van der Waals surface area (Å²) in [6.45, 7) is 1.34. The van der Waals surface area contributed by atoms with Crippen LogP contribution in [0.4, 0.5) is 0 Å². The largest absolute Gasteiger partial charge is 0.486 e. The first-order chi connectivity index (χ1) is 9.31. The Bertz CT molecular complexity index is 496. The summed E-state index contributed by atoms with van der Waals surface area (Å²) in [5.74, 6) is 1.37. The molecule has 0 spiro atoms. The lowest BCUT2D eigenvalue weighted by Crippen LogP contribution is -2.04. The van der Waals surface area contributed by atoms with Crippen LogP contribution in [-0.2, 0) is 24.4 Å². The van der Waals surface area contributed by atoms with Crippen molar-refractivity contribution in [2.24, 2.45) is 5.73 Å². The highest BCUT2D eigenvalue weighted by Gasteiger charge is 2.05. The Morgan fingerprint density at radius 2 is 2.16 bits per heavy atom. The molecule has 2 aromatic heterocycles. The molecule has 102 valence electrons. The van der Waals surface area contributed by atoms with Gasteiger partial charge in [-0.15, -0.1) is 0 Å².